The molecule has 15 heteroatoms. The lowest BCUT2D eigenvalue weighted by atomic mass is 9.80. The summed E-state index contributed by atoms with van der Waals surface area (Å²) >= 11 is 0. The van der Waals surface area contributed by atoms with Gasteiger partial charge in [0.1, 0.15) is 55.2 Å². The van der Waals surface area contributed by atoms with Crippen molar-refractivity contribution in [2.75, 3.05) is 52.3 Å². The molecule has 3 aromatic carbocycles. The van der Waals surface area contributed by atoms with E-state index >= 15 is 0 Å². The summed E-state index contributed by atoms with van der Waals surface area (Å²) in [5.41, 5.74) is 1.33. The first kappa shape index (κ1) is 43.8. The van der Waals surface area contributed by atoms with E-state index in [0.717, 1.165) is 16.7 Å². The minimum Gasteiger partial charge on any atom is -0.497 e. The molecule has 0 radical (unpaired) electrons. The molecule has 2 N–H and O–H groups in total. The number of methoxy groups -OCH3 is 2. The highest BCUT2D eigenvalue weighted by Gasteiger charge is 2.44. The molecule has 1 aliphatic heterocycles. The Bertz CT molecular complexity index is 2180. The zero-order valence-corrected chi connectivity index (χ0v) is 35.5. The first-order chi connectivity index (χ1) is 29.0. The van der Waals surface area contributed by atoms with E-state index < -0.39 is 41.5 Å². The highest BCUT2D eigenvalue weighted by atomic mass is 16.7. The Kier molecular flexibility index (Phi) is 14.3. The number of imidazole rings is 1. The molecule has 6 rings (SSSR count). The van der Waals surface area contributed by atoms with Crippen LogP contribution in [-0.2, 0) is 34.2 Å². The van der Waals surface area contributed by atoms with Crippen LogP contribution in [0.2, 0.25) is 0 Å². The smallest absolute Gasteiger partial charge is 0.367 e. The molecule has 0 amide bonds. The average molecular weight is 826 g/mol. The van der Waals surface area contributed by atoms with Gasteiger partial charge in [-0.1, -0.05) is 68.4 Å². The van der Waals surface area contributed by atoms with Gasteiger partial charge in [-0.2, -0.15) is 4.98 Å². The van der Waals surface area contributed by atoms with Crippen LogP contribution in [0.1, 0.15) is 76.8 Å². The molecule has 0 aliphatic carbocycles. The number of hydrogen-bond donors (Lipinski definition) is 2. The number of benzene rings is 3. The SMILES string of the molecule is CC[N+](CC)(CC)OC(=O)CCC(=O)O[C@H]1C[C@H](n2cnc3c(=O)[nH]c(NCC(C)C)nc32)O[C@@H]1COC(c1ccccc1)(c1ccc(OC)cc1)c1ccc(OC)cc1. The Balaban J connectivity index is 1.35. The molecule has 5 aromatic rings. The van der Waals surface area contributed by atoms with E-state index in [-0.39, 0.29) is 36.0 Å². The van der Waals surface area contributed by atoms with Crippen LogP contribution in [0.5, 0.6) is 11.5 Å². The van der Waals surface area contributed by atoms with Crippen LogP contribution in [0.3, 0.4) is 0 Å². The van der Waals surface area contributed by atoms with Gasteiger partial charge in [0.15, 0.2) is 11.2 Å². The van der Waals surface area contributed by atoms with Crippen LogP contribution in [0.25, 0.3) is 11.2 Å². The number of fused-ring (bicyclic) bond motifs is 1. The monoisotopic (exact) mass is 825 g/mol. The van der Waals surface area contributed by atoms with E-state index in [4.69, 9.17) is 33.5 Å². The fraction of sp³-hybridized carbons (Fsp3) is 0.444. The second-order valence-electron chi connectivity index (χ2n) is 15.2. The molecule has 0 unspecified atom stereocenters. The second-order valence-corrected chi connectivity index (χ2v) is 15.2. The van der Waals surface area contributed by atoms with Crippen molar-refractivity contribution in [1.82, 2.24) is 19.5 Å². The van der Waals surface area contributed by atoms with Gasteiger partial charge in [-0.25, -0.2) is 9.78 Å². The summed E-state index contributed by atoms with van der Waals surface area (Å²) < 4.78 is 32.9. The first-order valence-corrected chi connectivity index (χ1v) is 20.6. The molecule has 3 heterocycles. The summed E-state index contributed by atoms with van der Waals surface area (Å²) in [6, 6.07) is 25.2. The number of H-pyrrole nitrogens is 1. The molecule has 0 saturated carbocycles. The van der Waals surface area contributed by atoms with Gasteiger partial charge >= 0.3 is 11.9 Å². The predicted molar refractivity (Wildman–Crippen MR) is 225 cm³/mol. The molecule has 1 fully saturated rings. The normalized spacial score (nSPS) is 16.8. The molecule has 3 atom stereocenters. The van der Waals surface area contributed by atoms with Crippen molar-refractivity contribution < 1.29 is 42.8 Å². The summed E-state index contributed by atoms with van der Waals surface area (Å²) in [4.78, 5) is 57.3. The third kappa shape index (κ3) is 9.64. The number of rotatable bonds is 20. The van der Waals surface area contributed by atoms with Gasteiger partial charge in [0.05, 0.1) is 40.0 Å². The number of hydroxylamine groups is 3. The van der Waals surface area contributed by atoms with Crippen LogP contribution in [-0.4, -0.2) is 95.3 Å². The molecule has 2 aromatic heterocycles. The van der Waals surface area contributed by atoms with E-state index in [1.165, 1.54) is 6.33 Å². The fourth-order valence-corrected chi connectivity index (χ4v) is 7.51. The Morgan fingerprint density at radius 3 is 2.03 bits per heavy atom. The Hall–Kier alpha value is -5.77. The molecular formula is C45H57N6O9+. The quantitative estimate of drug-likeness (QED) is 0.0378. The number of nitrogens with zero attached hydrogens (tertiary/aromatic N) is 4. The minimum atomic E-state index is -1.18. The van der Waals surface area contributed by atoms with E-state index in [1.54, 1.807) is 18.8 Å². The molecule has 60 heavy (non-hydrogen) atoms. The number of nitrogens with one attached hydrogen (secondary N) is 2. The van der Waals surface area contributed by atoms with Crippen molar-refractivity contribution in [3.05, 3.63) is 112 Å². The van der Waals surface area contributed by atoms with Crippen molar-refractivity contribution in [2.24, 2.45) is 5.92 Å². The van der Waals surface area contributed by atoms with Crippen molar-refractivity contribution in [2.45, 2.75) is 77.9 Å². The topological polar surface area (TPSA) is 165 Å². The maximum atomic E-state index is 13.6. The largest absolute Gasteiger partial charge is 0.497 e. The number of quaternary nitrogens is 1. The van der Waals surface area contributed by atoms with E-state index in [1.807, 2.05) is 99.6 Å². The van der Waals surface area contributed by atoms with Crippen LogP contribution in [0, 0.1) is 5.92 Å². The highest BCUT2D eigenvalue weighted by molar-refractivity contribution is 5.77. The molecule has 1 aliphatic rings. The molecule has 320 valence electrons. The Labute approximate surface area is 350 Å². The second kappa shape index (κ2) is 19.5. The molecule has 1 saturated heterocycles. The lowest BCUT2D eigenvalue weighted by molar-refractivity contribution is -1.09. The number of ether oxygens (including phenoxy) is 5. The summed E-state index contributed by atoms with van der Waals surface area (Å²) in [6.07, 6.45) is -1.03. The Morgan fingerprint density at radius 2 is 1.47 bits per heavy atom. The number of aromatic nitrogens is 4. The van der Waals surface area contributed by atoms with Gasteiger partial charge in [-0.15, -0.1) is 4.65 Å². The van der Waals surface area contributed by atoms with Gasteiger partial charge < -0.3 is 29.0 Å². The standard InChI is InChI=1S/C45H56N6O9/c1-8-51(9-2,10-3)60-40(53)25-24-39(52)59-36-26-38(50-29-47-41-42(50)48-44(49-43(41)54)46-27-30(4)5)58-37(36)28-57-45(31-14-12-11-13-15-31,32-16-20-34(55-6)21-17-32)33-18-22-35(56-7)23-19-33/h11-23,29-30,36-38H,8-10,24-28H2,1-7H3,(H-,46,48,49,54)/p+1/t36-,37+,38+/m0/s1. The summed E-state index contributed by atoms with van der Waals surface area (Å²) in [6.45, 7) is 12.4. The summed E-state index contributed by atoms with van der Waals surface area (Å²) in [5.74, 6) is 0.905. The van der Waals surface area contributed by atoms with Gasteiger partial charge in [0, 0.05) is 13.0 Å². The van der Waals surface area contributed by atoms with Crippen molar-refractivity contribution in [3.8, 4) is 11.5 Å². The third-order valence-electron chi connectivity index (χ3n) is 11.1. The highest BCUT2D eigenvalue weighted by Crippen LogP contribution is 2.43. The lowest BCUT2D eigenvalue weighted by Crippen LogP contribution is -2.48. The van der Waals surface area contributed by atoms with Crippen LogP contribution in [0.4, 0.5) is 5.95 Å². The number of carbonyl (C=O) groups is 2. The molecule has 15 nitrogen and oxygen atoms in total. The number of anilines is 1. The van der Waals surface area contributed by atoms with Gasteiger partial charge in [0.2, 0.25) is 5.95 Å². The maximum Gasteiger partial charge on any atom is 0.367 e. The van der Waals surface area contributed by atoms with Crippen LogP contribution >= 0.6 is 0 Å². The van der Waals surface area contributed by atoms with Gasteiger partial charge in [0.25, 0.3) is 5.56 Å². The molecular weight excluding hydrogens is 769 g/mol. The van der Waals surface area contributed by atoms with Crippen LogP contribution < -0.4 is 20.3 Å². The number of carbonyl (C=O) groups excluding carboxylic acids is 2. The van der Waals surface area contributed by atoms with Crippen molar-refractivity contribution >= 4 is 29.1 Å². The van der Waals surface area contributed by atoms with Gasteiger partial charge in [-0.05, 0) is 67.6 Å². The van der Waals surface area contributed by atoms with Crippen molar-refractivity contribution in [3.63, 3.8) is 0 Å². The number of aromatic amines is 1. The van der Waals surface area contributed by atoms with Gasteiger partial charge in [-0.3, -0.25) is 24.0 Å². The fourth-order valence-electron chi connectivity index (χ4n) is 7.51. The Morgan fingerprint density at radius 1 is 0.883 bits per heavy atom. The zero-order chi connectivity index (χ0) is 42.9. The average Bonchev–Trinajstić information content (AvgIpc) is 3.89. The first-order valence-electron chi connectivity index (χ1n) is 20.6. The minimum absolute atomic E-state index is 0.0468. The predicted octanol–water partition coefficient (Wildman–Crippen LogP) is 6.53. The lowest BCUT2D eigenvalue weighted by Gasteiger charge is -2.37. The summed E-state index contributed by atoms with van der Waals surface area (Å²) in [5, 5.41) is 3.18. The zero-order valence-electron chi connectivity index (χ0n) is 35.5. The van der Waals surface area contributed by atoms with Crippen molar-refractivity contribution in [1.29, 1.82) is 0 Å². The van der Waals surface area contributed by atoms with E-state index in [2.05, 4.69) is 29.1 Å². The summed E-state index contributed by atoms with van der Waals surface area (Å²) in [7, 11) is 3.23. The molecule has 0 bridgehead atoms. The van der Waals surface area contributed by atoms with E-state index in [0.29, 0.717) is 55.2 Å². The molecule has 0 spiro atoms. The third-order valence-corrected chi connectivity index (χ3v) is 11.1. The number of hydrogen-bond acceptors (Lipinski definition) is 12. The number of esters is 1. The van der Waals surface area contributed by atoms with E-state index in [9.17, 15) is 14.4 Å². The maximum absolute atomic E-state index is 13.6. The van der Waals surface area contributed by atoms with Crippen LogP contribution in [0.15, 0.2) is 90.0 Å².